The van der Waals surface area contributed by atoms with Crippen molar-refractivity contribution < 1.29 is 4.74 Å². The molecule has 1 N–H and O–H groups in total. The maximum atomic E-state index is 5.36. The Morgan fingerprint density at radius 2 is 2.22 bits per heavy atom. The highest BCUT2D eigenvalue weighted by molar-refractivity contribution is 7.13. The molecule has 0 bridgehead atoms. The number of aromatic nitrogens is 4. The maximum Gasteiger partial charge on any atom is 0.294 e. The van der Waals surface area contributed by atoms with Gasteiger partial charge >= 0.3 is 0 Å². The van der Waals surface area contributed by atoms with Crippen molar-refractivity contribution in [3.8, 4) is 5.19 Å². The number of aryl methyl sites for hydroxylation is 1. The zero-order chi connectivity index (χ0) is 16.1. The summed E-state index contributed by atoms with van der Waals surface area (Å²) in [6.45, 7) is 7.22. The first-order valence-corrected chi connectivity index (χ1v) is 8.80. The van der Waals surface area contributed by atoms with Crippen LogP contribution < -0.4 is 15.0 Å². The number of anilines is 1. The number of piperidine rings is 1. The molecular formula is C15H22N6OS. The van der Waals surface area contributed by atoms with Gasteiger partial charge in [-0.15, -0.1) is 15.3 Å². The Morgan fingerprint density at radius 1 is 1.30 bits per heavy atom. The van der Waals surface area contributed by atoms with Crippen LogP contribution >= 0.6 is 11.3 Å². The van der Waals surface area contributed by atoms with E-state index in [-0.39, 0.29) is 0 Å². The standard InChI is InChI=1S/C15H22N6OS/c1-3-22-15-20-19-14(23-15)9-16-12-5-4-8-21(10-12)13-7-6-11(2)17-18-13/h6-7,12,16H,3-5,8-10H2,1-2H3/t12-/m0/s1. The average molecular weight is 334 g/mol. The van der Waals surface area contributed by atoms with Crippen molar-refractivity contribution >= 4 is 17.2 Å². The Labute approximate surface area is 140 Å². The van der Waals surface area contributed by atoms with Gasteiger partial charge in [-0.05, 0) is 38.8 Å². The third kappa shape index (κ3) is 4.35. The highest BCUT2D eigenvalue weighted by Crippen LogP contribution is 2.20. The van der Waals surface area contributed by atoms with Crippen molar-refractivity contribution in [1.82, 2.24) is 25.7 Å². The molecule has 0 radical (unpaired) electrons. The summed E-state index contributed by atoms with van der Waals surface area (Å²) in [5, 5.41) is 21.8. The van der Waals surface area contributed by atoms with Gasteiger partial charge < -0.3 is 15.0 Å². The fourth-order valence-electron chi connectivity index (χ4n) is 2.64. The second kappa shape index (κ2) is 7.65. The topological polar surface area (TPSA) is 76.1 Å². The van der Waals surface area contributed by atoms with Crippen LogP contribution in [0.3, 0.4) is 0 Å². The van der Waals surface area contributed by atoms with Gasteiger partial charge in [0.05, 0.1) is 18.8 Å². The van der Waals surface area contributed by atoms with Gasteiger partial charge in [0.2, 0.25) is 0 Å². The summed E-state index contributed by atoms with van der Waals surface area (Å²) in [5.74, 6) is 0.955. The Balaban J connectivity index is 1.53. The fraction of sp³-hybridized carbons (Fsp3) is 0.600. The second-order valence-corrected chi connectivity index (χ2v) is 6.62. The van der Waals surface area contributed by atoms with Gasteiger partial charge in [0.15, 0.2) is 5.82 Å². The minimum Gasteiger partial charge on any atom is -0.469 e. The summed E-state index contributed by atoms with van der Waals surface area (Å²) in [5.41, 5.74) is 0.946. The summed E-state index contributed by atoms with van der Waals surface area (Å²) in [7, 11) is 0. The van der Waals surface area contributed by atoms with E-state index < -0.39 is 0 Å². The predicted molar refractivity (Wildman–Crippen MR) is 89.9 cm³/mol. The molecule has 8 heteroatoms. The third-order valence-electron chi connectivity index (χ3n) is 3.79. The highest BCUT2D eigenvalue weighted by Gasteiger charge is 2.21. The van der Waals surface area contributed by atoms with Crippen molar-refractivity contribution in [1.29, 1.82) is 0 Å². The fourth-order valence-corrected chi connectivity index (χ4v) is 3.33. The van der Waals surface area contributed by atoms with Crippen LogP contribution in [0.1, 0.15) is 30.5 Å². The quantitative estimate of drug-likeness (QED) is 0.863. The monoisotopic (exact) mass is 334 g/mol. The SMILES string of the molecule is CCOc1nnc(CN[C@H]2CCCN(c3ccc(C)nn3)C2)s1. The second-order valence-electron chi connectivity index (χ2n) is 5.59. The Hall–Kier alpha value is -1.80. The normalized spacial score (nSPS) is 18.2. The van der Waals surface area contributed by atoms with Crippen molar-refractivity contribution in [3.05, 3.63) is 22.8 Å². The molecular weight excluding hydrogens is 312 g/mol. The van der Waals surface area contributed by atoms with Gasteiger partial charge in [-0.3, -0.25) is 0 Å². The lowest BCUT2D eigenvalue weighted by Crippen LogP contribution is -2.45. The molecule has 124 valence electrons. The third-order valence-corrected chi connectivity index (χ3v) is 4.62. The molecule has 3 rings (SSSR count). The van der Waals surface area contributed by atoms with Crippen molar-refractivity contribution in [2.75, 3.05) is 24.6 Å². The molecule has 0 spiro atoms. The number of rotatable bonds is 6. The molecule has 1 aliphatic rings. The lowest BCUT2D eigenvalue weighted by molar-refractivity contribution is 0.335. The zero-order valence-corrected chi connectivity index (χ0v) is 14.3. The smallest absolute Gasteiger partial charge is 0.294 e. The molecule has 3 heterocycles. The number of nitrogens with zero attached hydrogens (tertiary/aromatic N) is 5. The van der Waals surface area contributed by atoms with E-state index in [0.29, 0.717) is 17.8 Å². The highest BCUT2D eigenvalue weighted by atomic mass is 32.1. The summed E-state index contributed by atoms with van der Waals surface area (Å²) in [4.78, 5) is 2.29. The van der Waals surface area contributed by atoms with Gasteiger partial charge in [-0.25, -0.2) is 0 Å². The van der Waals surface area contributed by atoms with Crippen molar-refractivity contribution in [2.24, 2.45) is 0 Å². The van der Waals surface area contributed by atoms with Crippen LogP contribution in [0.4, 0.5) is 5.82 Å². The molecule has 23 heavy (non-hydrogen) atoms. The van der Waals surface area contributed by atoms with Crippen LogP contribution in [0.25, 0.3) is 0 Å². The molecule has 1 atom stereocenters. The molecule has 0 unspecified atom stereocenters. The van der Waals surface area contributed by atoms with E-state index in [9.17, 15) is 0 Å². The molecule has 2 aromatic heterocycles. The molecule has 1 aliphatic heterocycles. The molecule has 1 saturated heterocycles. The zero-order valence-electron chi connectivity index (χ0n) is 13.5. The van der Waals surface area contributed by atoms with E-state index in [0.717, 1.165) is 49.0 Å². The van der Waals surface area contributed by atoms with Crippen LogP contribution in [0.15, 0.2) is 12.1 Å². The minimum absolute atomic E-state index is 0.422. The van der Waals surface area contributed by atoms with E-state index in [1.165, 1.54) is 11.3 Å². The Morgan fingerprint density at radius 3 is 3.00 bits per heavy atom. The number of nitrogens with one attached hydrogen (secondary N) is 1. The predicted octanol–water partition coefficient (Wildman–Crippen LogP) is 1.79. The van der Waals surface area contributed by atoms with Crippen molar-refractivity contribution in [2.45, 2.75) is 39.3 Å². The maximum absolute atomic E-state index is 5.36. The van der Waals surface area contributed by atoms with E-state index in [1.54, 1.807) is 0 Å². The van der Waals surface area contributed by atoms with E-state index >= 15 is 0 Å². The first-order chi connectivity index (χ1) is 11.2. The number of ether oxygens (including phenoxy) is 1. The van der Waals surface area contributed by atoms with Gasteiger partial charge in [0.1, 0.15) is 5.01 Å². The Kier molecular flexibility index (Phi) is 5.35. The van der Waals surface area contributed by atoms with Crippen molar-refractivity contribution in [3.63, 3.8) is 0 Å². The number of hydrogen-bond donors (Lipinski definition) is 1. The van der Waals surface area contributed by atoms with Gasteiger partial charge in [0, 0.05) is 19.1 Å². The van der Waals surface area contributed by atoms with Crippen LogP contribution in [0, 0.1) is 6.92 Å². The minimum atomic E-state index is 0.422. The first kappa shape index (κ1) is 16.1. The summed E-state index contributed by atoms with van der Waals surface area (Å²) in [6.07, 6.45) is 2.31. The van der Waals surface area contributed by atoms with Crippen LogP contribution in [-0.4, -0.2) is 46.1 Å². The summed E-state index contributed by atoms with van der Waals surface area (Å²) in [6, 6.07) is 4.48. The molecule has 0 saturated carbocycles. The average Bonchev–Trinajstić information content (AvgIpc) is 3.02. The number of hydrogen-bond acceptors (Lipinski definition) is 8. The lowest BCUT2D eigenvalue weighted by atomic mass is 10.1. The van der Waals surface area contributed by atoms with Gasteiger partial charge in [0.25, 0.3) is 5.19 Å². The molecule has 7 nitrogen and oxygen atoms in total. The molecule has 1 fully saturated rings. The van der Waals surface area contributed by atoms with Gasteiger partial charge in [-0.1, -0.05) is 11.3 Å². The van der Waals surface area contributed by atoms with Crippen LogP contribution in [0.2, 0.25) is 0 Å². The van der Waals surface area contributed by atoms with Crippen LogP contribution in [0.5, 0.6) is 5.19 Å². The summed E-state index contributed by atoms with van der Waals surface area (Å²) < 4.78 is 5.36. The van der Waals surface area contributed by atoms with Gasteiger partial charge in [-0.2, -0.15) is 5.10 Å². The molecule has 0 aliphatic carbocycles. The first-order valence-electron chi connectivity index (χ1n) is 7.98. The largest absolute Gasteiger partial charge is 0.469 e. The molecule has 0 amide bonds. The van der Waals surface area contributed by atoms with Crippen LogP contribution in [-0.2, 0) is 6.54 Å². The molecule has 2 aromatic rings. The summed E-state index contributed by atoms with van der Waals surface area (Å²) >= 11 is 1.50. The Bertz CT molecular complexity index is 617. The lowest BCUT2D eigenvalue weighted by Gasteiger charge is -2.33. The van der Waals surface area contributed by atoms with E-state index in [2.05, 4.69) is 30.6 Å². The van der Waals surface area contributed by atoms with E-state index in [4.69, 9.17) is 4.74 Å². The van der Waals surface area contributed by atoms with E-state index in [1.807, 2.05) is 26.0 Å². The molecule has 0 aromatic carbocycles.